The van der Waals surface area contributed by atoms with Crippen LogP contribution >= 0.6 is 0 Å². The number of rotatable bonds is 3. The first kappa shape index (κ1) is 18.5. The molecule has 4 heteroatoms. The quantitative estimate of drug-likeness (QED) is 0.641. The summed E-state index contributed by atoms with van der Waals surface area (Å²) in [6, 6.07) is 15.8. The number of hydrogen-bond donors (Lipinski definition) is 0. The average Bonchev–Trinajstić information content (AvgIpc) is 2.73. The molecule has 144 valence electrons. The predicted octanol–water partition coefficient (Wildman–Crippen LogP) is 5.09. The van der Waals surface area contributed by atoms with Gasteiger partial charge in [0.25, 0.3) is 5.91 Å². The highest BCUT2D eigenvalue weighted by Crippen LogP contribution is 2.32. The van der Waals surface area contributed by atoms with E-state index in [1.54, 1.807) is 7.11 Å². The van der Waals surface area contributed by atoms with E-state index in [0.717, 1.165) is 58.5 Å². The van der Waals surface area contributed by atoms with Gasteiger partial charge in [-0.3, -0.25) is 4.79 Å². The van der Waals surface area contributed by atoms with Crippen LogP contribution in [-0.4, -0.2) is 36.0 Å². The zero-order valence-corrected chi connectivity index (χ0v) is 16.7. The first-order valence-corrected chi connectivity index (χ1v) is 9.91. The van der Waals surface area contributed by atoms with Gasteiger partial charge in [0.05, 0.1) is 23.9 Å². The second-order valence-corrected chi connectivity index (χ2v) is 7.70. The van der Waals surface area contributed by atoms with Gasteiger partial charge in [0.1, 0.15) is 5.75 Å². The van der Waals surface area contributed by atoms with E-state index < -0.39 is 0 Å². The first-order chi connectivity index (χ1) is 13.6. The number of para-hydroxylation sites is 1. The van der Waals surface area contributed by atoms with Crippen molar-refractivity contribution < 1.29 is 9.53 Å². The summed E-state index contributed by atoms with van der Waals surface area (Å²) < 4.78 is 5.28. The first-order valence-electron chi connectivity index (χ1n) is 9.91. The third kappa shape index (κ3) is 3.35. The molecular weight excluding hydrogens is 348 g/mol. The standard InChI is InChI=1S/C24H26N2O2/c1-16-7-6-14-26(15-16)24(27)22-17(2)23(18-10-12-19(28-3)13-11-18)25-21-9-5-4-8-20(21)22/h4-5,8-13,16H,6-7,14-15H2,1-3H3. The minimum Gasteiger partial charge on any atom is -0.497 e. The van der Waals surface area contributed by atoms with Crippen LogP contribution in [0.25, 0.3) is 22.2 Å². The highest BCUT2D eigenvalue weighted by atomic mass is 16.5. The summed E-state index contributed by atoms with van der Waals surface area (Å²) in [5.41, 5.74) is 4.42. The molecule has 0 N–H and O–H groups in total. The molecular formula is C24H26N2O2. The van der Waals surface area contributed by atoms with Gasteiger partial charge in [-0.2, -0.15) is 0 Å². The number of carbonyl (C=O) groups excluding carboxylic acids is 1. The van der Waals surface area contributed by atoms with Crippen LogP contribution in [-0.2, 0) is 0 Å². The maximum atomic E-state index is 13.5. The van der Waals surface area contributed by atoms with Gasteiger partial charge >= 0.3 is 0 Å². The molecule has 1 amide bonds. The zero-order chi connectivity index (χ0) is 19.7. The van der Waals surface area contributed by atoms with Crippen molar-refractivity contribution in [1.29, 1.82) is 0 Å². The number of fused-ring (bicyclic) bond motifs is 1. The maximum absolute atomic E-state index is 13.5. The molecule has 0 aliphatic carbocycles. The fourth-order valence-corrected chi connectivity index (χ4v) is 4.14. The van der Waals surface area contributed by atoms with E-state index in [1.807, 2.05) is 60.4 Å². The molecule has 1 atom stereocenters. The van der Waals surface area contributed by atoms with Gasteiger partial charge in [-0.15, -0.1) is 0 Å². The van der Waals surface area contributed by atoms with Crippen molar-refractivity contribution in [1.82, 2.24) is 9.88 Å². The highest BCUT2D eigenvalue weighted by molar-refractivity contribution is 6.08. The minimum absolute atomic E-state index is 0.123. The van der Waals surface area contributed by atoms with Crippen LogP contribution in [0, 0.1) is 12.8 Å². The van der Waals surface area contributed by atoms with Crippen molar-refractivity contribution >= 4 is 16.8 Å². The molecule has 3 aromatic rings. The number of nitrogens with zero attached hydrogens (tertiary/aromatic N) is 2. The van der Waals surface area contributed by atoms with Crippen molar-refractivity contribution in [2.24, 2.45) is 5.92 Å². The van der Waals surface area contributed by atoms with E-state index in [0.29, 0.717) is 5.92 Å². The molecule has 1 aromatic heterocycles. The fourth-order valence-electron chi connectivity index (χ4n) is 4.14. The number of hydrogen-bond acceptors (Lipinski definition) is 3. The van der Waals surface area contributed by atoms with Crippen LogP contribution in [0.4, 0.5) is 0 Å². The summed E-state index contributed by atoms with van der Waals surface area (Å²) in [6.07, 6.45) is 2.26. The average molecular weight is 374 g/mol. The molecule has 0 bridgehead atoms. The summed E-state index contributed by atoms with van der Waals surface area (Å²) in [5, 5.41) is 0.931. The minimum atomic E-state index is 0.123. The molecule has 4 rings (SSSR count). The van der Waals surface area contributed by atoms with Gasteiger partial charge in [0.2, 0.25) is 0 Å². The Hall–Kier alpha value is -2.88. The Morgan fingerprint density at radius 2 is 1.89 bits per heavy atom. The van der Waals surface area contributed by atoms with Crippen molar-refractivity contribution in [2.45, 2.75) is 26.7 Å². The molecule has 2 heterocycles. The van der Waals surface area contributed by atoms with E-state index in [4.69, 9.17) is 9.72 Å². The summed E-state index contributed by atoms with van der Waals surface area (Å²) in [6.45, 7) is 5.89. The number of ether oxygens (including phenoxy) is 1. The van der Waals surface area contributed by atoms with Crippen molar-refractivity contribution in [2.75, 3.05) is 20.2 Å². The normalized spacial score (nSPS) is 17.0. The molecule has 1 aliphatic heterocycles. The number of likely N-dealkylation sites (tertiary alicyclic amines) is 1. The van der Waals surface area contributed by atoms with Crippen LogP contribution < -0.4 is 4.74 Å². The molecule has 0 saturated carbocycles. The van der Waals surface area contributed by atoms with Crippen molar-refractivity contribution in [3.05, 3.63) is 59.7 Å². The largest absolute Gasteiger partial charge is 0.497 e. The third-order valence-corrected chi connectivity index (χ3v) is 5.66. The Balaban J connectivity index is 1.86. The van der Waals surface area contributed by atoms with Crippen LogP contribution in [0.1, 0.15) is 35.7 Å². The molecule has 2 aromatic carbocycles. The monoisotopic (exact) mass is 374 g/mol. The number of pyridine rings is 1. The van der Waals surface area contributed by atoms with Gasteiger partial charge in [-0.1, -0.05) is 25.1 Å². The van der Waals surface area contributed by atoms with Gasteiger partial charge in [-0.25, -0.2) is 4.98 Å². The van der Waals surface area contributed by atoms with Crippen molar-refractivity contribution in [3.8, 4) is 17.0 Å². The second kappa shape index (κ2) is 7.63. The van der Waals surface area contributed by atoms with Crippen LogP contribution in [0.5, 0.6) is 5.75 Å². The van der Waals surface area contributed by atoms with Crippen LogP contribution in [0.2, 0.25) is 0 Å². The molecule has 0 spiro atoms. The van der Waals surface area contributed by atoms with Crippen molar-refractivity contribution in [3.63, 3.8) is 0 Å². The maximum Gasteiger partial charge on any atom is 0.254 e. The molecule has 1 saturated heterocycles. The number of aromatic nitrogens is 1. The van der Waals surface area contributed by atoms with Gasteiger partial charge < -0.3 is 9.64 Å². The Kier molecular flexibility index (Phi) is 5.03. The molecule has 1 aliphatic rings. The molecule has 0 radical (unpaired) electrons. The van der Waals surface area contributed by atoms with E-state index in [2.05, 4.69) is 6.92 Å². The second-order valence-electron chi connectivity index (χ2n) is 7.70. The molecule has 4 nitrogen and oxygen atoms in total. The Morgan fingerprint density at radius 3 is 2.61 bits per heavy atom. The lowest BCUT2D eigenvalue weighted by atomic mass is 9.94. The van der Waals surface area contributed by atoms with Gasteiger partial charge in [0.15, 0.2) is 0 Å². The Morgan fingerprint density at radius 1 is 1.14 bits per heavy atom. The topological polar surface area (TPSA) is 42.4 Å². The predicted molar refractivity (Wildman–Crippen MR) is 113 cm³/mol. The fraction of sp³-hybridized carbons (Fsp3) is 0.333. The van der Waals surface area contributed by atoms with E-state index in [-0.39, 0.29) is 5.91 Å². The lowest BCUT2D eigenvalue weighted by molar-refractivity contribution is 0.0684. The number of methoxy groups -OCH3 is 1. The Labute approximate surface area is 166 Å². The van der Waals surface area contributed by atoms with E-state index in [9.17, 15) is 4.79 Å². The number of piperidine rings is 1. The van der Waals surface area contributed by atoms with E-state index >= 15 is 0 Å². The summed E-state index contributed by atoms with van der Waals surface area (Å²) in [5.74, 6) is 1.48. The number of benzene rings is 2. The Bertz CT molecular complexity index is 1010. The van der Waals surface area contributed by atoms with Gasteiger partial charge in [0, 0.05) is 24.0 Å². The van der Waals surface area contributed by atoms with Crippen LogP contribution in [0.15, 0.2) is 48.5 Å². The van der Waals surface area contributed by atoms with Gasteiger partial charge in [-0.05, 0) is 61.6 Å². The highest BCUT2D eigenvalue weighted by Gasteiger charge is 2.26. The van der Waals surface area contributed by atoms with Crippen LogP contribution in [0.3, 0.4) is 0 Å². The SMILES string of the molecule is COc1ccc(-c2nc3ccccc3c(C(=O)N3CCCC(C)C3)c2C)cc1. The molecule has 1 unspecified atom stereocenters. The summed E-state index contributed by atoms with van der Waals surface area (Å²) in [4.78, 5) is 20.4. The number of carbonyl (C=O) groups is 1. The number of amides is 1. The summed E-state index contributed by atoms with van der Waals surface area (Å²) in [7, 11) is 1.66. The summed E-state index contributed by atoms with van der Waals surface area (Å²) >= 11 is 0. The van der Waals surface area contributed by atoms with E-state index in [1.165, 1.54) is 6.42 Å². The lowest BCUT2D eigenvalue weighted by Crippen LogP contribution is -2.39. The zero-order valence-electron chi connectivity index (χ0n) is 16.7. The smallest absolute Gasteiger partial charge is 0.254 e. The lowest BCUT2D eigenvalue weighted by Gasteiger charge is -2.32. The molecule has 1 fully saturated rings. The third-order valence-electron chi connectivity index (χ3n) is 5.66. The molecule has 28 heavy (non-hydrogen) atoms.